The molecule has 1 N–H and O–H groups in total. The molecule has 1 aromatic rings. The van der Waals surface area contributed by atoms with Crippen molar-refractivity contribution in [2.75, 3.05) is 50.2 Å². The molecular formula is C15H24N2O2. The molecule has 0 amide bonds. The SMILES string of the molecule is COCCOCCCN1c2ccccc2NCC1C. The molecule has 0 fully saturated rings. The molecular weight excluding hydrogens is 240 g/mol. The number of ether oxygens (including phenoxy) is 2. The smallest absolute Gasteiger partial charge is 0.0700 e. The molecule has 1 atom stereocenters. The Morgan fingerprint density at radius 2 is 2.11 bits per heavy atom. The minimum absolute atomic E-state index is 0.522. The van der Waals surface area contributed by atoms with Crippen molar-refractivity contribution in [3.8, 4) is 0 Å². The third-order valence-corrected chi connectivity index (χ3v) is 3.45. The van der Waals surface area contributed by atoms with E-state index in [4.69, 9.17) is 9.47 Å². The number of nitrogens with zero attached hydrogens (tertiary/aromatic N) is 1. The number of nitrogens with one attached hydrogen (secondary N) is 1. The predicted octanol–water partition coefficient (Wildman–Crippen LogP) is 2.36. The monoisotopic (exact) mass is 264 g/mol. The maximum atomic E-state index is 5.52. The quantitative estimate of drug-likeness (QED) is 0.767. The zero-order chi connectivity index (χ0) is 13.5. The van der Waals surface area contributed by atoms with E-state index >= 15 is 0 Å². The lowest BCUT2D eigenvalue weighted by molar-refractivity contribution is 0.0699. The van der Waals surface area contributed by atoms with Gasteiger partial charge in [-0.25, -0.2) is 0 Å². The number of benzene rings is 1. The first-order valence-corrected chi connectivity index (χ1v) is 6.99. The van der Waals surface area contributed by atoms with Crippen LogP contribution in [0.25, 0.3) is 0 Å². The van der Waals surface area contributed by atoms with Crippen LogP contribution in [0.1, 0.15) is 13.3 Å². The van der Waals surface area contributed by atoms with Gasteiger partial charge in [0.25, 0.3) is 0 Å². The summed E-state index contributed by atoms with van der Waals surface area (Å²) in [5.74, 6) is 0. The molecule has 1 aromatic carbocycles. The number of anilines is 2. The van der Waals surface area contributed by atoms with Crippen LogP contribution in [0.15, 0.2) is 24.3 Å². The molecule has 1 heterocycles. The minimum atomic E-state index is 0.522. The van der Waals surface area contributed by atoms with Crippen molar-refractivity contribution in [3.05, 3.63) is 24.3 Å². The lowest BCUT2D eigenvalue weighted by Crippen LogP contribution is -2.42. The van der Waals surface area contributed by atoms with Crippen LogP contribution in [-0.2, 0) is 9.47 Å². The van der Waals surface area contributed by atoms with Gasteiger partial charge in [0.05, 0.1) is 24.6 Å². The van der Waals surface area contributed by atoms with Crippen LogP contribution < -0.4 is 10.2 Å². The number of para-hydroxylation sites is 2. The number of hydrogen-bond acceptors (Lipinski definition) is 4. The third-order valence-electron chi connectivity index (χ3n) is 3.45. The molecule has 19 heavy (non-hydrogen) atoms. The molecule has 106 valence electrons. The maximum absolute atomic E-state index is 5.52. The molecule has 1 aliphatic heterocycles. The van der Waals surface area contributed by atoms with Gasteiger partial charge >= 0.3 is 0 Å². The van der Waals surface area contributed by atoms with Gasteiger partial charge in [-0.05, 0) is 25.5 Å². The van der Waals surface area contributed by atoms with Crippen LogP contribution in [0, 0.1) is 0 Å². The Morgan fingerprint density at radius 3 is 2.95 bits per heavy atom. The molecule has 0 aliphatic carbocycles. The fourth-order valence-electron chi connectivity index (χ4n) is 2.40. The number of hydrogen-bond donors (Lipinski definition) is 1. The Hall–Kier alpha value is -1.26. The lowest BCUT2D eigenvalue weighted by Gasteiger charge is -2.37. The number of fused-ring (bicyclic) bond motifs is 1. The predicted molar refractivity (Wildman–Crippen MR) is 79.1 cm³/mol. The van der Waals surface area contributed by atoms with Crippen LogP contribution in [0.5, 0.6) is 0 Å². The molecule has 0 spiro atoms. The van der Waals surface area contributed by atoms with E-state index in [0.717, 1.165) is 26.1 Å². The standard InChI is InChI=1S/C15H24N2O2/c1-13-12-16-14-6-3-4-7-15(14)17(13)8-5-9-19-11-10-18-2/h3-4,6-7,13,16H,5,8-12H2,1-2H3. The number of methoxy groups -OCH3 is 1. The van der Waals surface area contributed by atoms with Crippen molar-refractivity contribution in [2.24, 2.45) is 0 Å². The minimum Gasteiger partial charge on any atom is -0.382 e. The van der Waals surface area contributed by atoms with Gasteiger partial charge in [-0.2, -0.15) is 0 Å². The van der Waals surface area contributed by atoms with E-state index in [9.17, 15) is 0 Å². The average Bonchev–Trinajstić information content (AvgIpc) is 2.44. The van der Waals surface area contributed by atoms with Crippen LogP contribution in [0.2, 0.25) is 0 Å². The van der Waals surface area contributed by atoms with Crippen LogP contribution >= 0.6 is 0 Å². The molecule has 4 nitrogen and oxygen atoms in total. The summed E-state index contributed by atoms with van der Waals surface area (Å²) in [5.41, 5.74) is 2.54. The van der Waals surface area contributed by atoms with Crippen molar-refractivity contribution in [2.45, 2.75) is 19.4 Å². The van der Waals surface area contributed by atoms with E-state index in [-0.39, 0.29) is 0 Å². The highest BCUT2D eigenvalue weighted by Crippen LogP contribution is 2.30. The van der Waals surface area contributed by atoms with Gasteiger partial charge < -0.3 is 19.7 Å². The van der Waals surface area contributed by atoms with E-state index in [1.54, 1.807) is 7.11 Å². The second-order valence-corrected chi connectivity index (χ2v) is 4.90. The van der Waals surface area contributed by atoms with Crippen LogP contribution in [-0.4, -0.2) is 46.1 Å². The third kappa shape index (κ3) is 3.85. The topological polar surface area (TPSA) is 33.7 Å². The summed E-state index contributed by atoms with van der Waals surface area (Å²) < 4.78 is 10.5. The molecule has 2 rings (SSSR count). The van der Waals surface area contributed by atoms with Gasteiger partial charge in [-0.1, -0.05) is 12.1 Å². The molecule has 4 heteroatoms. The summed E-state index contributed by atoms with van der Waals surface area (Å²) in [6.45, 7) is 6.45. The average molecular weight is 264 g/mol. The molecule has 0 aromatic heterocycles. The summed E-state index contributed by atoms with van der Waals surface area (Å²) in [6, 6.07) is 9.02. The molecule has 0 saturated heterocycles. The van der Waals surface area contributed by atoms with Crippen LogP contribution in [0.4, 0.5) is 11.4 Å². The van der Waals surface area contributed by atoms with Crippen molar-refractivity contribution >= 4 is 11.4 Å². The molecule has 1 unspecified atom stereocenters. The van der Waals surface area contributed by atoms with Crippen molar-refractivity contribution in [1.82, 2.24) is 0 Å². The van der Waals surface area contributed by atoms with Gasteiger partial charge in [-0.3, -0.25) is 0 Å². The zero-order valence-electron chi connectivity index (χ0n) is 11.9. The van der Waals surface area contributed by atoms with Gasteiger partial charge in [0, 0.05) is 32.8 Å². The summed E-state index contributed by atoms with van der Waals surface area (Å²) in [4.78, 5) is 2.46. The lowest BCUT2D eigenvalue weighted by atomic mass is 10.1. The molecule has 0 saturated carbocycles. The first-order chi connectivity index (χ1) is 9.33. The van der Waals surface area contributed by atoms with Crippen molar-refractivity contribution in [1.29, 1.82) is 0 Å². The Labute approximate surface area is 115 Å². The Morgan fingerprint density at radius 1 is 1.26 bits per heavy atom. The Kier molecular flexibility index (Phi) is 5.48. The van der Waals surface area contributed by atoms with E-state index in [0.29, 0.717) is 19.3 Å². The fourth-order valence-corrected chi connectivity index (χ4v) is 2.40. The normalized spacial score (nSPS) is 18.0. The maximum Gasteiger partial charge on any atom is 0.0700 e. The zero-order valence-corrected chi connectivity index (χ0v) is 11.9. The van der Waals surface area contributed by atoms with E-state index < -0.39 is 0 Å². The second-order valence-electron chi connectivity index (χ2n) is 4.90. The fraction of sp³-hybridized carbons (Fsp3) is 0.600. The first-order valence-electron chi connectivity index (χ1n) is 6.99. The van der Waals surface area contributed by atoms with E-state index in [1.165, 1.54) is 11.4 Å². The first kappa shape index (κ1) is 14.2. The summed E-state index contributed by atoms with van der Waals surface area (Å²) in [6.07, 6.45) is 1.04. The summed E-state index contributed by atoms with van der Waals surface area (Å²) in [7, 11) is 1.70. The molecule has 1 aliphatic rings. The van der Waals surface area contributed by atoms with E-state index in [1.807, 2.05) is 0 Å². The number of rotatable bonds is 7. The molecule has 0 bridgehead atoms. The second kappa shape index (κ2) is 7.36. The van der Waals surface area contributed by atoms with Crippen molar-refractivity contribution < 1.29 is 9.47 Å². The summed E-state index contributed by atoms with van der Waals surface area (Å²) in [5, 5.41) is 3.47. The van der Waals surface area contributed by atoms with Gasteiger partial charge in [0.2, 0.25) is 0 Å². The summed E-state index contributed by atoms with van der Waals surface area (Å²) >= 11 is 0. The van der Waals surface area contributed by atoms with Gasteiger partial charge in [-0.15, -0.1) is 0 Å². The largest absolute Gasteiger partial charge is 0.382 e. The highest BCUT2D eigenvalue weighted by molar-refractivity contribution is 5.72. The Balaban J connectivity index is 1.82. The molecule has 0 radical (unpaired) electrons. The highest BCUT2D eigenvalue weighted by atomic mass is 16.5. The highest BCUT2D eigenvalue weighted by Gasteiger charge is 2.21. The van der Waals surface area contributed by atoms with Gasteiger partial charge in [0.15, 0.2) is 0 Å². The van der Waals surface area contributed by atoms with Crippen LogP contribution in [0.3, 0.4) is 0 Å². The van der Waals surface area contributed by atoms with E-state index in [2.05, 4.69) is 41.4 Å². The van der Waals surface area contributed by atoms with Crippen molar-refractivity contribution in [3.63, 3.8) is 0 Å². The van der Waals surface area contributed by atoms with Gasteiger partial charge in [0.1, 0.15) is 0 Å². The Bertz CT molecular complexity index is 384.